The quantitative estimate of drug-likeness (QED) is 0.732. The Morgan fingerprint density at radius 3 is 2.50 bits per heavy atom. The normalized spacial score (nSPS) is 11.5. The highest BCUT2D eigenvalue weighted by atomic mass is 35.5. The lowest BCUT2D eigenvalue weighted by atomic mass is 10.2. The summed E-state index contributed by atoms with van der Waals surface area (Å²) in [5, 5.41) is -0.309. The Kier molecular flexibility index (Phi) is 5.93. The van der Waals surface area contributed by atoms with Crippen molar-refractivity contribution < 1.29 is 22.3 Å². The van der Waals surface area contributed by atoms with Gasteiger partial charge < -0.3 is 4.74 Å². The van der Waals surface area contributed by atoms with Crippen molar-refractivity contribution in [2.24, 2.45) is 0 Å². The number of ether oxygens (including phenoxy) is 1. The second-order valence-electron chi connectivity index (χ2n) is 4.98. The van der Waals surface area contributed by atoms with Gasteiger partial charge in [-0.3, -0.25) is 4.79 Å². The first kappa shape index (κ1) is 18.4. The largest absolute Gasteiger partial charge is 0.460 e. The number of carbonyl (C=O) groups excluding carboxylic acids is 1. The van der Waals surface area contributed by atoms with Crippen LogP contribution in [0.15, 0.2) is 53.4 Å². The Balaban J connectivity index is 2.00. The van der Waals surface area contributed by atoms with Crippen LogP contribution in [0.1, 0.15) is 5.56 Å². The molecule has 24 heavy (non-hydrogen) atoms. The van der Waals surface area contributed by atoms with Crippen LogP contribution in [0, 0.1) is 5.82 Å². The smallest absolute Gasteiger partial charge is 0.321 e. The first-order valence-corrected chi connectivity index (χ1v) is 8.73. The van der Waals surface area contributed by atoms with Gasteiger partial charge in [-0.15, -0.1) is 0 Å². The lowest BCUT2D eigenvalue weighted by Crippen LogP contribution is -2.33. The highest BCUT2D eigenvalue weighted by Crippen LogP contribution is 2.21. The molecule has 128 valence electrons. The lowest BCUT2D eigenvalue weighted by molar-refractivity contribution is -0.144. The summed E-state index contributed by atoms with van der Waals surface area (Å²) < 4.78 is 43.7. The van der Waals surface area contributed by atoms with Gasteiger partial charge >= 0.3 is 5.97 Å². The first-order valence-electron chi connectivity index (χ1n) is 6.91. The molecule has 0 bridgehead atoms. The SMILES string of the molecule is CN(CC(=O)OCc1ccccc1)S(=O)(=O)c1ccc(F)c(Cl)c1. The molecule has 2 aromatic carbocycles. The maximum absolute atomic E-state index is 13.1. The van der Waals surface area contributed by atoms with E-state index in [4.69, 9.17) is 16.3 Å². The molecule has 0 saturated heterocycles. The third kappa shape index (κ3) is 4.53. The number of carbonyl (C=O) groups is 1. The van der Waals surface area contributed by atoms with Crippen LogP contribution in [-0.2, 0) is 26.2 Å². The summed E-state index contributed by atoms with van der Waals surface area (Å²) in [6, 6.07) is 12.1. The highest BCUT2D eigenvalue weighted by Gasteiger charge is 2.24. The van der Waals surface area contributed by atoms with E-state index in [0.29, 0.717) is 0 Å². The van der Waals surface area contributed by atoms with E-state index in [-0.39, 0.29) is 16.5 Å². The number of nitrogens with zero attached hydrogens (tertiary/aromatic N) is 1. The summed E-state index contributed by atoms with van der Waals surface area (Å²) >= 11 is 5.60. The molecule has 0 aliphatic heterocycles. The number of sulfonamides is 1. The van der Waals surface area contributed by atoms with E-state index < -0.39 is 28.4 Å². The van der Waals surface area contributed by atoms with Gasteiger partial charge in [-0.05, 0) is 23.8 Å². The average Bonchev–Trinajstić information content (AvgIpc) is 2.56. The zero-order valence-corrected chi connectivity index (χ0v) is 14.3. The molecular weight excluding hydrogens is 357 g/mol. The van der Waals surface area contributed by atoms with E-state index in [0.717, 1.165) is 28.1 Å². The topological polar surface area (TPSA) is 63.7 Å². The van der Waals surface area contributed by atoms with Crippen molar-refractivity contribution in [3.63, 3.8) is 0 Å². The average molecular weight is 372 g/mol. The van der Waals surface area contributed by atoms with Crippen molar-refractivity contribution in [3.05, 3.63) is 64.9 Å². The molecule has 0 amide bonds. The molecule has 2 rings (SSSR count). The van der Waals surface area contributed by atoms with Gasteiger partial charge in [-0.1, -0.05) is 41.9 Å². The number of esters is 1. The van der Waals surface area contributed by atoms with E-state index in [1.54, 1.807) is 24.3 Å². The second-order valence-corrected chi connectivity index (χ2v) is 7.44. The van der Waals surface area contributed by atoms with Gasteiger partial charge in [-0.25, -0.2) is 12.8 Å². The van der Waals surface area contributed by atoms with Gasteiger partial charge in [0.2, 0.25) is 10.0 Å². The Hall–Kier alpha value is -1.96. The third-order valence-electron chi connectivity index (χ3n) is 3.19. The predicted molar refractivity (Wildman–Crippen MR) is 87.5 cm³/mol. The van der Waals surface area contributed by atoms with E-state index in [1.807, 2.05) is 6.07 Å². The van der Waals surface area contributed by atoms with Crippen LogP contribution in [0.4, 0.5) is 4.39 Å². The number of hydrogen-bond acceptors (Lipinski definition) is 4. The molecule has 0 spiro atoms. The highest BCUT2D eigenvalue weighted by molar-refractivity contribution is 7.89. The molecule has 0 fully saturated rings. The van der Waals surface area contributed by atoms with Crippen molar-refractivity contribution in [1.82, 2.24) is 4.31 Å². The van der Waals surface area contributed by atoms with E-state index in [1.165, 1.54) is 7.05 Å². The molecule has 0 aliphatic carbocycles. The third-order valence-corrected chi connectivity index (χ3v) is 5.28. The van der Waals surface area contributed by atoms with Crippen LogP contribution in [-0.4, -0.2) is 32.3 Å². The second kappa shape index (κ2) is 7.74. The van der Waals surface area contributed by atoms with Crippen molar-refractivity contribution in [2.45, 2.75) is 11.5 Å². The number of hydrogen-bond donors (Lipinski definition) is 0. The molecule has 0 aliphatic rings. The molecule has 0 radical (unpaired) electrons. The van der Waals surface area contributed by atoms with E-state index in [9.17, 15) is 17.6 Å². The fourth-order valence-corrected chi connectivity index (χ4v) is 3.26. The van der Waals surface area contributed by atoms with Gasteiger partial charge in [0.25, 0.3) is 0 Å². The summed E-state index contributed by atoms with van der Waals surface area (Å²) in [4.78, 5) is 11.6. The Labute approximate surface area is 144 Å². The summed E-state index contributed by atoms with van der Waals surface area (Å²) in [7, 11) is -2.74. The first-order chi connectivity index (χ1) is 11.3. The van der Waals surface area contributed by atoms with Crippen LogP contribution in [0.5, 0.6) is 0 Å². The van der Waals surface area contributed by atoms with Crippen molar-refractivity contribution in [3.8, 4) is 0 Å². The molecule has 0 aromatic heterocycles. The minimum absolute atomic E-state index is 0.0515. The van der Waals surface area contributed by atoms with Crippen LogP contribution in [0.2, 0.25) is 5.02 Å². The van der Waals surface area contributed by atoms with Gasteiger partial charge in [0.15, 0.2) is 0 Å². The Morgan fingerprint density at radius 1 is 1.21 bits per heavy atom. The molecule has 5 nitrogen and oxygen atoms in total. The van der Waals surface area contributed by atoms with Gasteiger partial charge in [0, 0.05) is 7.05 Å². The number of halogens is 2. The standard InChI is InChI=1S/C16H15ClFNO4S/c1-19(10-16(20)23-11-12-5-3-2-4-6-12)24(21,22)13-7-8-15(18)14(17)9-13/h2-9H,10-11H2,1H3. The van der Waals surface area contributed by atoms with Crippen LogP contribution < -0.4 is 0 Å². The van der Waals surface area contributed by atoms with Gasteiger partial charge in [0.05, 0.1) is 9.92 Å². The van der Waals surface area contributed by atoms with E-state index >= 15 is 0 Å². The van der Waals surface area contributed by atoms with Crippen molar-refractivity contribution >= 4 is 27.6 Å². The maximum Gasteiger partial charge on any atom is 0.321 e. The van der Waals surface area contributed by atoms with Crippen LogP contribution >= 0.6 is 11.6 Å². The van der Waals surface area contributed by atoms with E-state index in [2.05, 4.69) is 0 Å². The van der Waals surface area contributed by atoms with Gasteiger partial charge in [0.1, 0.15) is 19.0 Å². The Bertz CT molecular complexity index is 827. The zero-order chi connectivity index (χ0) is 17.7. The molecule has 0 heterocycles. The molecule has 0 unspecified atom stereocenters. The van der Waals surface area contributed by atoms with Gasteiger partial charge in [-0.2, -0.15) is 4.31 Å². The number of benzene rings is 2. The molecule has 2 aromatic rings. The molecule has 8 heteroatoms. The monoisotopic (exact) mass is 371 g/mol. The summed E-state index contributed by atoms with van der Waals surface area (Å²) in [5.41, 5.74) is 0.793. The number of likely N-dealkylation sites (N-methyl/N-ethyl adjacent to an activating group) is 1. The zero-order valence-electron chi connectivity index (χ0n) is 12.8. The van der Waals surface area contributed by atoms with Crippen LogP contribution in [0.25, 0.3) is 0 Å². The predicted octanol–water partition coefficient (Wildman–Crippen LogP) is 2.84. The molecular formula is C16H15ClFNO4S. The van der Waals surface area contributed by atoms with Crippen LogP contribution in [0.3, 0.4) is 0 Å². The fraction of sp³-hybridized carbons (Fsp3) is 0.188. The summed E-state index contributed by atoms with van der Waals surface area (Å²) in [6.07, 6.45) is 0. The summed E-state index contributed by atoms with van der Waals surface area (Å²) in [5.74, 6) is -1.42. The maximum atomic E-state index is 13.1. The number of rotatable bonds is 6. The summed E-state index contributed by atoms with van der Waals surface area (Å²) in [6.45, 7) is -0.417. The molecule has 0 atom stereocenters. The minimum Gasteiger partial charge on any atom is -0.460 e. The van der Waals surface area contributed by atoms with Crippen molar-refractivity contribution in [1.29, 1.82) is 0 Å². The minimum atomic E-state index is -3.97. The van der Waals surface area contributed by atoms with Crippen molar-refractivity contribution in [2.75, 3.05) is 13.6 Å². The fourth-order valence-electron chi connectivity index (χ4n) is 1.87. The lowest BCUT2D eigenvalue weighted by Gasteiger charge is -2.16. The molecule has 0 N–H and O–H groups in total. The molecule has 0 saturated carbocycles. The Morgan fingerprint density at radius 2 is 1.88 bits per heavy atom.